The van der Waals surface area contributed by atoms with E-state index in [-0.39, 0.29) is 18.2 Å². The second kappa shape index (κ2) is 7.92. The molecule has 1 aliphatic rings. The van der Waals surface area contributed by atoms with Crippen molar-refractivity contribution >= 4 is 34.0 Å². The highest BCUT2D eigenvalue weighted by Crippen LogP contribution is 2.28. The average Bonchev–Trinajstić information content (AvgIpc) is 3.22. The van der Waals surface area contributed by atoms with Crippen molar-refractivity contribution in [3.8, 4) is 0 Å². The maximum Gasteiger partial charge on any atom is 0.231 e. The molecule has 0 aliphatic carbocycles. The van der Waals surface area contributed by atoms with Gasteiger partial charge in [0.2, 0.25) is 16.9 Å². The Hall–Kier alpha value is -2.32. The Morgan fingerprint density at radius 3 is 2.88 bits per heavy atom. The van der Waals surface area contributed by atoms with E-state index in [0.717, 1.165) is 11.3 Å². The van der Waals surface area contributed by atoms with E-state index in [1.807, 2.05) is 39.0 Å². The third-order valence-electron chi connectivity index (χ3n) is 4.42. The van der Waals surface area contributed by atoms with Crippen molar-refractivity contribution in [3.63, 3.8) is 0 Å². The monoisotopic (exact) mass is 374 g/mol. The van der Waals surface area contributed by atoms with Gasteiger partial charge in [0.25, 0.3) is 0 Å². The van der Waals surface area contributed by atoms with Crippen molar-refractivity contribution in [1.82, 2.24) is 10.2 Å². The Balaban J connectivity index is 1.63. The van der Waals surface area contributed by atoms with Crippen molar-refractivity contribution in [1.29, 1.82) is 0 Å². The van der Waals surface area contributed by atoms with E-state index >= 15 is 0 Å². The van der Waals surface area contributed by atoms with Crippen molar-refractivity contribution in [3.05, 3.63) is 34.3 Å². The Bertz CT molecular complexity index is 821. The molecule has 1 N–H and O–H groups in total. The predicted octanol–water partition coefficient (Wildman–Crippen LogP) is 2.68. The topological polar surface area (TPSA) is 84.4 Å². The SMILES string of the molecule is CCOCc1nnc(NC(=O)C2CC(=O)N(c3ccc(C)c(C)c3)C2)s1. The van der Waals surface area contributed by atoms with Crippen molar-refractivity contribution in [2.24, 2.45) is 5.92 Å². The number of nitrogens with zero attached hydrogens (tertiary/aromatic N) is 3. The number of benzene rings is 1. The number of aryl methyl sites for hydroxylation is 2. The molecule has 3 rings (SSSR count). The maximum atomic E-state index is 12.5. The number of carbonyl (C=O) groups excluding carboxylic acids is 2. The fourth-order valence-electron chi connectivity index (χ4n) is 2.79. The molecule has 0 radical (unpaired) electrons. The van der Waals surface area contributed by atoms with Gasteiger partial charge in [0.15, 0.2) is 0 Å². The average molecular weight is 374 g/mol. The molecule has 8 heteroatoms. The van der Waals surface area contributed by atoms with Gasteiger partial charge in [-0.05, 0) is 44.0 Å². The molecule has 26 heavy (non-hydrogen) atoms. The first-order chi connectivity index (χ1) is 12.5. The normalized spacial score (nSPS) is 17.0. The number of carbonyl (C=O) groups is 2. The second-order valence-electron chi connectivity index (χ2n) is 6.30. The van der Waals surface area contributed by atoms with Crippen LogP contribution in [0.5, 0.6) is 0 Å². The van der Waals surface area contributed by atoms with Gasteiger partial charge < -0.3 is 15.0 Å². The molecule has 1 aromatic heterocycles. The first kappa shape index (κ1) is 18.5. The molecule has 1 aliphatic heterocycles. The van der Waals surface area contributed by atoms with E-state index in [2.05, 4.69) is 15.5 Å². The predicted molar refractivity (Wildman–Crippen MR) is 100 cm³/mol. The van der Waals surface area contributed by atoms with E-state index in [4.69, 9.17) is 4.74 Å². The third-order valence-corrected chi connectivity index (χ3v) is 5.24. The minimum absolute atomic E-state index is 0.0392. The van der Waals surface area contributed by atoms with Crippen LogP contribution in [0.4, 0.5) is 10.8 Å². The lowest BCUT2D eigenvalue weighted by Gasteiger charge is -2.17. The van der Waals surface area contributed by atoms with E-state index in [9.17, 15) is 9.59 Å². The number of hydrogen-bond acceptors (Lipinski definition) is 6. The number of anilines is 2. The van der Waals surface area contributed by atoms with Gasteiger partial charge in [0, 0.05) is 25.3 Å². The molecule has 7 nitrogen and oxygen atoms in total. The molecule has 0 spiro atoms. The number of ether oxygens (including phenoxy) is 1. The van der Waals surface area contributed by atoms with Gasteiger partial charge in [0.05, 0.1) is 5.92 Å². The Morgan fingerprint density at radius 1 is 1.35 bits per heavy atom. The van der Waals surface area contributed by atoms with Gasteiger partial charge in [-0.3, -0.25) is 9.59 Å². The summed E-state index contributed by atoms with van der Waals surface area (Å²) < 4.78 is 5.28. The minimum atomic E-state index is -0.400. The zero-order chi connectivity index (χ0) is 18.7. The first-order valence-corrected chi connectivity index (χ1v) is 9.38. The van der Waals surface area contributed by atoms with Crippen LogP contribution >= 0.6 is 11.3 Å². The standard InChI is InChI=1S/C18H22N4O3S/c1-4-25-10-15-20-21-18(26-15)19-17(24)13-8-16(23)22(9-13)14-6-5-11(2)12(3)7-14/h5-7,13H,4,8-10H2,1-3H3,(H,19,21,24). The fourth-order valence-corrected chi connectivity index (χ4v) is 3.47. The zero-order valence-electron chi connectivity index (χ0n) is 15.1. The number of nitrogens with one attached hydrogen (secondary N) is 1. The molecule has 1 saturated heterocycles. The van der Waals surface area contributed by atoms with E-state index in [0.29, 0.717) is 29.9 Å². The van der Waals surface area contributed by atoms with Crippen LogP contribution in [-0.4, -0.2) is 35.2 Å². The summed E-state index contributed by atoms with van der Waals surface area (Å²) in [7, 11) is 0. The molecule has 2 heterocycles. The van der Waals surface area contributed by atoms with Crippen molar-refractivity contribution in [2.75, 3.05) is 23.4 Å². The third kappa shape index (κ3) is 4.08. The molecule has 0 saturated carbocycles. The van der Waals surface area contributed by atoms with E-state index < -0.39 is 5.92 Å². The maximum absolute atomic E-state index is 12.5. The summed E-state index contributed by atoms with van der Waals surface area (Å²) in [5.74, 6) is -0.644. The van der Waals surface area contributed by atoms with Crippen LogP contribution in [0.25, 0.3) is 0 Å². The van der Waals surface area contributed by atoms with Crippen LogP contribution in [0.15, 0.2) is 18.2 Å². The quantitative estimate of drug-likeness (QED) is 0.840. The van der Waals surface area contributed by atoms with Crippen molar-refractivity contribution in [2.45, 2.75) is 33.8 Å². The van der Waals surface area contributed by atoms with Crippen molar-refractivity contribution < 1.29 is 14.3 Å². The second-order valence-corrected chi connectivity index (χ2v) is 7.36. The Morgan fingerprint density at radius 2 is 2.15 bits per heavy atom. The fraction of sp³-hybridized carbons (Fsp3) is 0.444. The summed E-state index contributed by atoms with van der Waals surface area (Å²) in [6.45, 7) is 7.30. The number of rotatable bonds is 6. The molecule has 2 aromatic rings. The minimum Gasteiger partial charge on any atom is -0.374 e. The first-order valence-electron chi connectivity index (χ1n) is 8.56. The molecule has 0 bridgehead atoms. The highest BCUT2D eigenvalue weighted by Gasteiger charge is 2.35. The number of amides is 2. The van der Waals surface area contributed by atoms with Crippen LogP contribution in [0.2, 0.25) is 0 Å². The van der Waals surface area contributed by atoms with Crippen LogP contribution in [-0.2, 0) is 20.9 Å². The van der Waals surface area contributed by atoms with Crippen LogP contribution in [0.3, 0.4) is 0 Å². The lowest BCUT2D eigenvalue weighted by molar-refractivity contribution is -0.122. The summed E-state index contributed by atoms with van der Waals surface area (Å²) in [4.78, 5) is 26.5. The summed E-state index contributed by atoms with van der Waals surface area (Å²) in [5.41, 5.74) is 3.14. The molecule has 2 amide bonds. The summed E-state index contributed by atoms with van der Waals surface area (Å²) in [6.07, 6.45) is 0.198. The largest absolute Gasteiger partial charge is 0.374 e. The lowest BCUT2D eigenvalue weighted by atomic mass is 10.1. The lowest BCUT2D eigenvalue weighted by Crippen LogP contribution is -2.28. The number of hydrogen-bond donors (Lipinski definition) is 1. The van der Waals surface area contributed by atoms with Gasteiger partial charge in [-0.25, -0.2) is 0 Å². The number of aromatic nitrogens is 2. The van der Waals surface area contributed by atoms with E-state index in [1.54, 1.807) is 4.90 Å². The molecule has 1 fully saturated rings. The molecular weight excluding hydrogens is 352 g/mol. The molecule has 1 unspecified atom stereocenters. The van der Waals surface area contributed by atoms with Gasteiger partial charge in [-0.15, -0.1) is 10.2 Å². The van der Waals surface area contributed by atoms with Crippen LogP contribution in [0.1, 0.15) is 29.5 Å². The highest BCUT2D eigenvalue weighted by molar-refractivity contribution is 7.15. The van der Waals surface area contributed by atoms with Crippen LogP contribution in [0, 0.1) is 19.8 Å². The zero-order valence-corrected chi connectivity index (χ0v) is 15.9. The molecule has 1 aromatic carbocycles. The van der Waals surface area contributed by atoms with Gasteiger partial charge in [-0.1, -0.05) is 17.4 Å². The van der Waals surface area contributed by atoms with Gasteiger partial charge >= 0.3 is 0 Å². The molecular formula is C18H22N4O3S. The Labute approximate surface area is 156 Å². The smallest absolute Gasteiger partial charge is 0.231 e. The van der Waals surface area contributed by atoms with E-state index in [1.165, 1.54) is 16.9 Å². The van der Waals surface area contributed by atoms with Gasteiger partial charge in [0.1, 0.15) is 11.6 Å². The summed E-state index contributed by atoms with van der Waals surface area (Å²) in [6, 6.07) is 5.90. The summed E-state index contributed by atoms with van der Waals surface area (Å²) >= 11 is 1.28. The van der Waals surface area contributed by atoms with Crippen LogP contribution < -0.4 is 10.2 Å². The molecule has 1 atom stereocenters. The highest BCUT2D eigenvalue weighted by atomic mass is 32.1. The summed E-state index contributed by atoms with van der Waals surface area (Å²) in [5, 5.41) is 11.8. The Kier molecular flexibility index (Phi) is 5.63. The molecule has 138 valence electrons. The van der Waals surface area contributed by atoms with Gasteiger partial charge in [-0.2, -0.15) is 0 Å².